The summed E-state index contributed by atoms with van der Waals surface area (Å²) in [7, 11) is 0. The summed E-state index contributed by atoms with van der Waals surface area (Å²) in [6.07, 6.45) is 8.28. The molecule has 3 aliphatic rings. The average Bonchev–Trinajstić information content (AvgIpc) is 3.31. The van der Waals surface area contributed by atoms with E-state index in [1.807, 2.05) is 27.7 Å². The van der Waals surface area contributed by atoms with E-state index in [4.69, 9.17) is 28.4 Å². The second-order valence-electron chi connectivity index (χ2n) is 11.3. The first-order valence-electron chi connectivity index (χ1n) is 14.2. The number of hydrogen-bond donors (Lipinski definition) is 3. The second kappa shape index (κ2) is 14.7. The maximum atomic E-state index is 10.3. The highest BCUT2D eigenvalue weighted by atomic mass is 16.9. The third-order valence-corrected chi connectivity index (χ3v) is 6.91. The summed E-state index contributed by atoms with van der Waals surface area (Å²) < 4.78 is 36.1. The van der Waals surface area contributed by atoms with Gasteiger partial charge in [0.05, 0.1) is 19.3 Å². The molecule has 0 aliphatic carbocycles. The number of ether oxygens (including phenoxy) is 6. The molecule has 0 radical (unpaired) electrons. The Morgan fingerprint density at radius 3 is 2.11 bits per heavy atom. The summed E-state index contributed by atoms with van der Waals surface area (Å²) in [5.41, 5.74) is 0. The molecular formula is C27H52N2O7. The van der Waals surface area contributed by atoms with Crippen LogP contribution in [0, 0.1) is 0 Å². The Labute approximate surface area is 218 Å². The third-order valence-electron chi connectivity index (χ3n) is 6.91. The second-order valence-corrected chi connectivity index (χ2v) is 11.3. The average molecular weight is 517 g/mol. The van der Waals surface area contributed by atoms with Gasteiger partial charge in [-0.3, -0.25) is 0 Å². The van der Waals surface area contributed by atoms with E-state index < -0.39 is 24.0 Å². The molecule has 0 spiro atoms. The maximum absolute atomic E-state index is 10.3. The molecule has 9 heteroatoms. The lowest BCUT2D eigenvalue weighted by Gasteiger charge is -2.37. The molecule has 0 aromatic heterocycles. The number of aliphatic hydroxyl groups is 1. The van der Waals surface area contributed by atoms with Crippen molar-refractivity contribution in [2.75, 3.05) is 39.4 Å². The van der Waals surface area contributed by atoms with E-state index >= 15 is 0 Å². The molecular weight excluding hydrogens is 464 g/mol. The fourth-order valence-corrected chi connectivity index (χ4v) is 5.16. The summed E-state index contributed by atoms with van der Waals surface area (Å²) in [4.78, 5) is 0. The Balaban J connectivity index is 1.22. The van der Waals surface area contributed by atoms with Crippen LogP contribution in [0.25, 0.3) is 0 Å². The van der Waals surface area contributed by atoms with Gasteiger partial charge in [0.2, 0.25) is 0 Å². The van der Waals surface area contributed by atoms with Gasteiger partial charge in [0.25, 0.3) is 0 Å². The van der Waals surface area contributed by atoms with Gasteiger partial charge in [-0.25, -0.2) is 0 Å². The number of rotatable bonds is 18. The van der Waals surface area contributed by atoms with E-state index in [-0.39, 0.29) is 37.6 Å². The molecule has 6 atom stereocenters. The van der Waals surface area contributed by atoms with Crippen LogP contribution in [-0.2, 0) is 28.4 Å². The molecule has 0 amide bonds. The van der Waals surface area contributed by atoms with Crippen LogP contribution < -0.4 is 10.6 Å². The van der Waals surface area contributed by atoms with Gasteiger partial charge in [-0.05, 0) is 40.7 Å². The van der Waals surface area contributed by atoms with Crippen molar-refractivity contribution < 1.29 is 33.5 Å². The predicted molar refractivity (Wildman–Crippen MR) is 138 cm³/mol. The lowest BCUT2D eigenvalue weighted by atomic mass is 9.99. The van der Waals surface area contributed by atoms with Crippen LogP contribution >= 0.6 is 0 Å². The topological polar surface area (TPSA) is 99.7 Å². The molecule has 3 aliphatic heterocycles. The van der Waals surface area contributed by atoms with Gasteiger partial charge >= 0.3 is 0 Å². The van der Waals surface area contributed by atoms with Crippen molar-refractivity contribution in [1.29, 1.82) is 0 Å². The highest BCUT2D eigenvalue weighted by Crippen LogP contribution is 2.44. The van der Waals surface area contributed by atoms with Crippen molar-refractivity contribution in [2.45, 2.75) is 134 Å². The van der Waals surface area contributed by atoms with Gasteiger partial charge in [0.15, 0.2) is 17.9 Å². The molecule has 3 saturated heterocycles. The van der Waals surface area contributed by atoms with Crippen LogP contribution in [0.2, 0.25) is 0 Å². The Morgan fingerprint density at radius 2 is 1.36 bits per heavy atom. The molecule has 0 aromatic carbocycles. The van der Waals surface area contributed by atoms with Crippen molar-refractivity contribution in [1.82, 2.24) is 10.6 Å². The standard InChI is InChI=1S/C27H52N2O7/c1-6-7-8-9-10-11-12-13-14-28-15-16-29-17-20(30)18-31-19-21-22-23(34-26(2,3)33-22)24-25(32-21)36-27(4,5)35-24/h20-25,28-30H,6-19H2,1-5H3/t20?,21-,22+,23+,24-,25-/m1/s1. The van der Waals surface area contributed by atoms with Crippen molar-refractivity contribution in [3.63, 3.8) is 0 Å². The zero-order valence-corrected chi connectivity index (χ0v) is 23.3. The van der Waals surface area contributed by atoms with Crippen LogP contribution in [-0.4, -0.2) is 92.9 Å². The molecule has 9 nitrogen and oxygen atoms in total. The largest absolute Gasteiger partial charge is 0.389 e. The monoisotopic (exact) mass is 516 g/mol. The molecule has 212 valence electrons. The zero-order chi connectivity index (χ0) is 26.0. The first-order valence-corrected chi connectivity index (χ1v) is 14.2. The van der Waals surface area contributed by atoms with Crippen LogP contribution in [0.4, 0.5) is 0 Å². The number of aliphatic hydroxyl groups excluding tert-OH is 1. The summed E-state index contributed by atoms with van der Waals surface area (Å²) in [6, 6.07) is 0. The maximum Gasteiger partial charge on any atom is 0.190 e. The molecule has 0 saturated carbocycles. The molecule has 3 fully saturated rings. The lowest BCUT2D eigenvalue weighted by Crippen LogP contribution is -2.56. The third kappa shape index (κ3) is 9.75. The predicted octanol–water partition coefficient (Wildman–Crippen LogP) is 3.08. The van der Waals surface area contributed by atoms with Gasteiger partial charge in [-0.2, -0.15) is 0 Å². The van der Waals surface area contributed by atoms with E-state index in [2.05, 4.69) is 17.6 Å². The Kier molecular flexibility index (Phi) is 12.3. The fourth-order valence-electron chi connectivity index (χ4n) is 5.16. The van der Waals surface area contributed by atoms with Crippen molar-refractivity contribution in [2.24, 2.45) is 0 Å². The van der Waals surface area contributed by atoms with Gasteiger partial charge < -0.3 is 44.2 Å². The van der Waals surface area contributed by atoms with Gasteiger partial charge in [-0.15, -0.1) is 0 Å². The van der Waals surface area contributed by atoms with Crippen molar-refractivity contribution >= 4 is 0 Å². The lowest BCUT2D eigenvalue weighted by molar-refractivity contribution is -0.243. The molecule has 1 unspecified atom stereocenters. The van der Waals surface area contributed by atoms with Crippen LogP contribution in [0.15, 0.2) is 0 Å². The van der Waals surface area contributed by atoms with E-state index in [9.17, 15) is 5.11 Å². The molecule has 3 rings (SSSR count). The first kappa shape index (κ1) is 30.2. The Hall–Kier alpha value is -0.360. The quantitative estimate of drug-likeness (QED) is 0.237. The van der Waals surface area contributed by atoms with Crippen LogP contribution in [0.3, 0.4) is 0 Å². The molecule has 3 N–H and O–H groups in total. The normalized spacial score (nSPS) is 31.3. The Morgan fingerprint density at radius 1 is 0.750 bits per heavy atom. The smallest absolute Gasteiger partial charge is 0.190 e. The minimum atomic E-state index is -0.740. The molecule has 36 heavy (non-hydrogen) atoms. The van der Waals surface area contributed by atoms with E-state index in [1.165, 1.54) is 51.4 Å². The Bertz CT molecular complexity index is 621. The van der Waals surface area contributed by atoms with Gasteiger partial charge in [0.1, 0.15) is 24.4 Å². The summed E-state index contributed by atoms with van der Waals surface area (Å²) in [5.74, 6) is -1.47. The van der Waals surface area contributed by atoms with E-state index in [0.29, 0.717) is 6.54 Å². The molecule has 3 heterocycles. The van der Waals surface area contributed by atoms with Crippen molar-refractivity contribution in [3.05, 3.63) is 0 Å². The minimum Gasteiger partial charge on any atom is -0.389 e. The number of hydrogen-bond acceptors (Lipinski definition) is 9. The first-order chi connectivity index (χ1) is 17.2. The highest BCUT2D eigenvalue weighted by Gasteiger charge is 2.60. The highest BCUT2D eigenvalue weighted by molar-refractivity contribution is 5.00. The summed E-state index contributed by atoms with van der Waals surface area (Å²) in [6.45, 7) is 13.5. The van der Waals surface area contributed by atoms with Crippen molar-refractivity contribution in [3.8, 4) is 0 Å². The van der Waals surface area contributed by atoms with E-state index in [0.717, 1.165) is 19.6 Å². The minimum absolute atomic E-state index is 0.219. The van der Waals surface area contributed by atoms with Gasteiger partial charge in [0, 0.05) is 19.6 Å². The summed E-state index contributed by atoms with van der Waals surface area (Å²) in [5, 5.41) is 17.1. The number of fused-ring (bicyclic) bond motifs is 3. The van der Waals surface area contributed by atoms with Gasteiger partial charge in [-0.1, -0.05) is 51.9 Å². The summed E-state index contributed by atoms with van der Waals surface area (Å²) >= 11 is 0. The number of nitrogens with one attached hydrogen (secondary N) is 2. The number of unbranched alkanes of at least 4 members (excludes halogenated alkanes) is 7. The molecule has 0 aromatic rings. The van der Waals surface area contributed by atoms with Crippen LogP contribution in [0.1, 0.15) is 86.0 Å². The zero-order valence-electron chi connectivity index (χ0n) is 23.3. The van der Waals surface area contributed by atoms with E-state index in [1.54, 1.807) is 0 Å². The SMILES string of the molecule is CCCCCCCCCCNCCNCC(O)COC[C@H]1O[C@@H]2OC(C)(C)O[C@@H]2[C@H]2OC(C)(C)O[C@H]21. The van der Waals surface area contributed by atoms with Crippen LogP contribution in [0.5, 0.6) is 0 Å². The fraction of sp³-hybridized carbons (Fsp3) is 1.00. The molecule has 0 bridgehead atoms.